The molecule has 76 valence electrons. The highest BCUT2D eigenvalue weighted by molar-refractivity contribution is 5.61. The average molecular weight is 199 g/mol. The highest BCUT2D eigenvalue weighted by atomic mass is 14.9. The van der Waals surface area contributed by atoms with Gasteiger partial charge in [0.25, 0.3) is 0 Å². The molecule has 0 aliphatic heterocycles. The molecule has 2 rings (SSSR count). The largest absolute Gasteiger partial charge is 0.212 e. The molecule has 0 unspecified atom stereocenters. The molecule has 0 saturated carbocycles. The third kappa shape index (κ3) is 1.91. The number of nitrogens with zero attached hydrogens (tertiary/aromatic N) is 1. The zero-order valence-electron chi connectivity index (χ0n) is 10.4. The summed E-state index contributed by atoms with van der Waals surface area (Å²) in [5, 5.41) is 0. The van der Waals surface area contributed by atoms with Crippen LogP contribution in [-0.2, 0) is 7.05 Å². The van der Waals surface area contributed by atoms with Crippen molar-refractivity contribution in [2.75, 3.05) is 0 Å². The standard InChI is InChI=1S/C14H16N/c1-11-8-9-15(3)14(10-11)13-7-5-4-6-12(13)2/h4-10H,1-3H3/q+1/i10D. The number of aryl methyl sites for hydroxylation is 3. The zero-order chi connectivity index (χ0) is 11.7. The van der Waals surface area contributed by atoms with Gasteiger partial charge < -0.3 is 0 Å². The predicted octanol–water partition coefficient (Wildman–Crippen LogP) is 2.79. The van der Waals surface area contributed by atoms with E-state index in [9.17, 15) is 0 Å². The molecule has 1 heteroatoms. The van der Waals surface area contributed by atoms with Crippen LogP contribution in [0.1, 0.15) is 12.5 Å². The lowest BCUT2D eigenvalue weighted by Crippen LogP contribution is -2.30. The van der Waals surface area contributed by atoms with Crippen molar-refractivity contribution in [3.05, 3.63) is 53.7 Å². The summed E-state index contributed by atoms with van der Waals surface area (Å²) in [6, 6.07) is 10.8. The third-order valence-corrected chi connectivity index (χ3v) is 2.62. The second kappa shape index (κ2) is 3.85. The molecule has 1 nitrogen and oxygen atoms in total. The lowest BCUT2D eigenvalue weighted by molar-refractivity contribution is -0.660. The zero-order valence-corrected chi connectivity index (χ0v) is 9.41. The van der Waals surface area contributed by atoms with Gasteiger partial charge in [0.15, 0.2) is 6.20 Å². The molecule has 2 aromatic rings. The smallest absolute Gasteiger partial charge is 0.201 e. The fourth-order valence-electron chi connectivity index (χ4n) is 1.71. The van der Waals surface area contributed by atoms with E-state index in [2.05, 4.69) is 19.1 Å². The van der Waals surface area contributed by atoms with Crippen molar-refractivity contribution in [3.8, 4) is 11.3 Å². The Balaban J connectivity index is 2.74. The lowest BCUT2D eigenvalue weighted by Gasteiger charge is -2.04. The Morgan fingerprint density at radius 3 is 2.60 bits per heavy atom. The summed E-state index contributed by atoms with van der Waals surface area (Å²) >= 11 is 0. The molecule has 0 aliphatic rings. The Bertz CT molecular complexity index is 532. The molecule has 0 N–H and O–H groups in total. The molecular formula is C14H16N+. The number of pyridine rings is 1. The fraction of sp³-hybridized carbons (Fsp3) is 0.214. The van der Waals surface area contributed by atoms with Gasteiger partial charge in [-0.25, -0.2) is 4.57 Å². The minimum Gasteiger partial charge on any atom is -0.201 e. The van der Waals surface area contributed by atoms with Crippen LogP contribution in [0.15, 0.2) is 42.6 Å². The van der Waals surface area contributed by atoms with E-state index in [4.69, 9.17) is 1.37 Å². The maximum atomic E-state index is 8.15. The van der Waals surface area contributed by atoms with E-state index < -0.39 is 0 Å². The van der Waals surface area contributed by atoms with Gasteiger partial charge >= 0.3 is 0 Å². The Hall–Kier alpha value is -1.63. The Morgan fingerprint density at radius 2 is 1.87 bits per heavy atom. The van der Waals surface area contributed by atoms with Gasteiger partial charge in [0, 0.05) is 17.7 Å². The maximum Gasteiger partial charge on any atom is 0.212 e. The normalized spacial score (nSPS) is 11.3. The SMILES string of the molecule is [2H]c1c(C)cc[n+](C)c1-c1ccccc1C. The van der Waals surface area contributed by atoms with E-state index in [0.717, 1.165) is 16.8 Å². The van der Waals surface area contributed by atoms with Crippen molar-refractivity contribution in [1.29, 1.82) is 0 Å². The van der Waals surface area contributed by atoms with E-state index in [0.29, 0.717) is 6.04 Å². The Labute approximate surface area is 92.4 Å². The second-order valence-electron chi connectivity index (χ2n) is 3.90. The van der Waals surface area contributed by atoms with Crippen LogP contribution in [0.3, 0.4) is 0 Å². The number of hydrogen-bond donors (Lipinski definition) is 0. The van der Waals surface area contributed by atoms with Gasteiger partial charge in [0.1, 0.15) is 7.05 Å². The predicted molar refractivity (Wildman–Crippen MR) is 62.5 cm³/mol. The minimum absolute atomic E-state index is 0.610. The number of hydrogen-bond acceptors (Lipinski definition) is 0. The minimum atomic E-state index is 0.610. The monoisotopic (exact) mass is 199 g/mol. The van der Waals surface area contributed by atoms with Gasteiger partial charge in [-0.3, -0.25) is 0 Å². The fourth-order valence-corrected chi connectivity index (χ4v) is 1.71. The third-order valence-electron chi connectivity index (χ3n) is 2.62. The number of aromatic nitrogens is 1. The average Bonchev–Trinajstić information content (AvgIpc) is 2.27. The van der Waals surface area contributed by atoms with E-state index in [-0.39, 0.29) is 0 Å². The van der Waals surface area contributed by atoms with Gasteiger partial charge in [-0.1, -0.05) is 18.2 Å². The first kappa shape index (κ1) is 8.66. The summed E-state index contributed by atoms with van der Waals surface area (Å²) < 4.78 is 10.2. The van der Waals surface area contributed by atoms with Crippen LogP contribution in [0.2, 0.25) is 0 Å². The summed E-state index contributed by atoms with van der Waals surface area (Å²) in [7, 11) is 1.99. The number of rotatable bonds is 1. The molecular weight excluding hydrogens is 182 g/mol. The molecule has 0 bridgehead atoms. The van der Waals surface area contributed by atoms with Crippen LogP contribution in [0.5, 0.6) is 0 Å². The van der Waals surface area contributed by atoms with Crippen LogP contribution in [-0.4, -0.2) is 0 Å². The van der Waals surface area contributed by atoms with E-state index in [1.807, 2.05) is 42.9 Å². The summed E-state index contributed by atoms with van der Waals surface area (Å²) in [5.41, 5.74) is 4.34. The van der Waals surface area contributed by atoms with Crippen LogP contribution < -0.4 is 4.57 Å². The first-order valence-electron chi connectivity index (χ1n) is 5.63. The molecule has 0 saturated heterocycles. The quantitative estimate of drug-likeness (QED) is 0.622. The molecule has 0 fully saturated rings. The molecule has 1 heterocycles. The second-order valence-corrected chi connectivity index (χ2v) is 3.90. The first-order valence-corrected chi connectivity index (χ1v) is 5.13. The highest BCUT2D eigenvalue weighted by Crippen LogP contribution is 2.19. The molecule has 15 heavy (non-hydrogen) atoms. The van der Waals surface area contributed by atoms with Crippen LogP contribution in [0, 0.1) is 13.8 Å². The van der Waals surface area contributed by atoms with Crippen molar-refractivity contribution >= 4 is 0 Å². The molecule has 0 spiro atoms. The van der Waals surface area contributed by atoms with Crippen molar-refractivity contribution in [2.45, 2.75) is 13.8 Å². The molecule has 0 atom stereocenters. The molecule has 0 radical (unpaired) electrons. The van der Waals surface area contributed by atoms with Gasteiger partial charge in [-0.15, -0.1) is 0 Å². The maximum absolute atomic E-state index is 8.15. The topological polar surface area (TPSA) is 3.88 Å². The van der Waals surface area contributed by atoms with E-state index >= 15 is 0 Å². The summed E-state index contributed by atoms with van der Waals surface area (Å²) in [5.74, 6) is 0. The Kier molecular flexibility index (Phi) is 2.23. The van der Waals surface area contributed by atoms with Crippen molar-refractivity contribution in [1.82, 2.24) is 0 Å². The molecule has 0 aliphatic carbocycles. The van der Waals surface area contributed by atoms with Crippen molar-refractivity contribution in [3.63, 3.8) is 0 Å². The van der Waals surface area contributed by atoms with Crippen LogP contribution >= 0.6 is 0 Å². The summed E-state index contributed by atoms with van der Waals surface area (Å²) in [6.45, 7) is 4.06. The van der Waals surface area contributed by atoms with Gasteiger partial charge in [-0.2, -0.15) is 0 Å². The van der Waals surface area contributed by atoms with Crippen LogP contribution in [0.4, 0.5) is 0 Å². The first-order chi connectivity index (χ1) is 7.61. The molecule has 1 aromatic heterocycles. The van der Waals surface area contributed by atoms with Crippen molar-refractivity contribution in [2.24, 2.45) is 7.05 Å². The van der Waals surface area contributed by atoms with E-state index in [1.54, 1.807) is 0 Å². The highest BCUT2D eigenvalue weighted by Gasteiger charge is 2.10. The van der Waals surface area contributed by atoms with Gasteiger partial charge in [0.05, 0.1) is 1.37 Å². The van der Waals surface area contributed by atoms with Gasteiger partial charge in [0.2, 0.25) is 5.69 Å². The molecule has 1 aromatic carbocycles. The summed E-state index contributed by atoms with van der Waals surface area (Å²) in [4.78, 5) is 0. The van der Waals surface area contributed by atoms with Crippen LogP contribution in [0.25, 0.3) is 11.3 Å². The van der Waals surface area contributed by atoms with Crippen molar-refractivity contribution < 1.29 is 5.94 Å². The van der Waals surface area contributed by atoms with Gasteiger partial charge in [-0.05, 0) is 31.0 Å². The molecule has 0 amide bonds. The number of benzene rings is 1. The lowest BCUT2D eigenvalue weighted by atomic mass is 10.0. The van der Waals surface area contributed by atoms with E-state index in [1.165, 1.54) is 5.56 Å². The summed E-state index contributed by atoms with van der Waals surface area (Å²) in [6.07, 6.45) is 2.01. The Morgan fingerprint density at radius 1 is 1.13 bits per heavy atom.